The SMILES string of the molecule is OCCC(O)c1c(F)ccc(F)c1F. The van der Waals surface area contributed by atoms with E-state index in [4.69, 9.17) is 5.11 Å². The average molecular weight is 206 g/mol. The molecule has 0 spiro atoms. The Labute approximate surface area is 78.6 Å². The first-order chi connectivity index (χ1) is 6.57. The fourth-order valence-electron chi connectivity index (χ4n) is 1.11. The molecule has 0 heterocycles. The fraction of sp³-hybridized carbons (Fsp3) is 0.333. The highest BCUT2D eigenvalue weighted by Crippen LogP contribution is 2.24. The van der Waals surface area contributed by atoms with E-state index in [1.165, 1.54) is 0 Å². The molecule has 2 N–H and O–H groups in total. The number of rotatable bonds is 3. The molecule has 0 saturated carbocycles. The molecule has 1 atom stereocenters. The van der Waals surface area contributed by atoms with Crippen molar-refractivity contribution < 1.29 is 23.4 Å². The van der Waals surface area contributed by atoms with E-state index in [-0.39, 0.29) is 6.42 Å². The standard InChI is InChI=1S/C9H9F3O2/c10-5-1-2-6(11)9(12)8(5)7(14)3-4-13/h1-2,7,13-14H,3-4H2. The monoisotopic (exact) mass is 206 g/mol. The van der Waals surface area contributed by atoms with Crippen molar-refractivity contribution in [1.82, 2.24) is 0 Å². The van der Waals surface area contributed by atoms with Gasteiger partial charge in [0.05, 0.1) is 11.7 Å². The molecule has 0 saturated heterocycles. The molecular formula is C9H9F3O2. The number of benzene rings is 1. The Bertz CT molecular complexity index is 328. The first kappa shape index (κ1) is 11.0. The van der Waals surface area contributed by atoms with Crippen LogP contribution in [0.5, 0.6) is 0 Å². The van der Waals surface area contributed by atoms with Gasteiger partial charge in [-0.05, 0) is 12.1 Å². The van der Waals surface area contributed by atoms with Crippen molar-refractivity contribution in [2.75, 3.05) is 6.61 Å². The van der Waals surface area contributed by atoms with Gasteiger partial charge in [0.2, 0.25) is 0 Å². The second-order valence-corrected chi connectivity index (χ2v) is 2.78. The Balaban J connectivity index is 3.11. The van der Waals surface area contributed by atoms with Crippen LogP contribution >= 0.6 is 0 Å². The topological polar surface area (TPSA) is 40.5 Å². The molecule has 0 radical (unpaired) electrons. The van der Waals surface area contributed by atoms with Crippen molar-refractivity contribution in [3.63, 3.8) is 0 Å². The van der Waals surface area contributed by atoms with Gasteiger partial charge < -0.3 is 10.2 Å². The molecule has 0 amide bonds. The number of hydrogen-bond acceptors (Lipinski definition) is 2. The Morgan fingerprint density at radius 1 is 1.14 bits per heavy atom. The van der Waals surface area contributed by atoms with Gasteiger partial charge in [0.25, 0.3) is 0 Å². The third kappa shape index (κ3) is 2.05. The van der Waals surface area contributed by atoms with E-state index in [1.807, 2.05) is 0 Å². The van der Waals surface area contributed by atoms with Crippen LogP contribution < -0.4 is 0 Å². The number of hydrogen-bond donors (Lipinski definition) is 2. The molecule has 14 heavy (non-hydrogen) atoms. The summed E-state index contributed by atoms with van der Waals surface area (Å²) in [6.07, 6.45) is -1.77. The molecule has 0 fully saturated rings. The lowest BCUT2D eigenvalue weighted by atomic mass is 10.1. The lowest BCUT2D eigenvalue weighted by Crippen LogP contribution is -2.07. The van der Waals surface area contributed by atoms with Crippen LogP contribution in [0.25, 0.3) is 0 Å². The molecule has 1 rings (SSSR count). The van der Waals surface area contributed by atoms with Crippen molar-refractivity contribution in [3.8, 4) is 0 Å². The molecule has 0 aliphatic rings. The zero-order valence-corrected chi connectivity index (χ0v) is 7.17. The third-order valence-corrected chi connectivity index (χ3v) is 1.82. The van der Waals surface area contributed by atoms with Gasteiger partial charge in [0, 0.05) is 13.0 Å². The first-order valence-corrected chi connectivity index (χ1v) is 4.00. The summed E-state index contributed by atoms with van der Waals surface area (Å²) in [6.45, 7) is -0.434. The largest absolute Gasteiger partial charge is 0.396 e. The second-order valence-electron chi connectivity index (χ2n) is 2.78. The minimum Gasteiger partial charge on any atom is -0.396 e. The van der Waals surface area contributed by atoms with E-state index in [0.717, 1.165) is 6.07 Å². The van der Waals surface area contributed by atoms with E-state index in [1.54, 1.807) is 0 Å². The Morgan fingerprint density at radius 3 is 2.29 bits per heavy atom. The molecule has 0 aliphatic carbocycles. The third-order valence-electron chi connectivity index (χ3n) is 1.82. The van der Waals surface area contributed by atoms with E-state index >= 15 is 0 Å². The summed E-state index contributed by atoms with van der Waals surface area (Å²) < 4.78 is 38.6. The predicted molar refractivity (Wildman–Crippen MR) is 43.0 cm³/mol. The van der Waals surface area contributed by atoms with Gasteiger partial charge in [-0.15, -0.1) is 0 Å². The quantitative estimate of drug-likeness (QED) is 0.736. The summed E-state index contributed by atoms with van der Waals surface area (Å²) in [5, 5.41) is 17.7. The van der Waals surface area contributed by atoms with Gasteiger partial charge in [0.15, 0.2) is 11.6 Å². The fourth-order valence-corrected chi connectivity index (χ4v) is 1.11. The normalized spacial score (nSPS) is 12.9. The molecule has 0 bridgehead atoms. The number of aliphatic hydroxyl groups is 2. The Kier molecular flexibility index (Phi) is 3.49. The van der Waals surface area contributed by atoms with E-state index in [2.05, 4.69) is 0 Å². The molecular weight excluding hydrogens is 197 g/mol. The number of halogens is 3. The summed E-state index contributed by atoms with van der Waals surface area (Å²) in [4.78, 5) is 0. The average Bonchev–Trinajstić information content (AvgIpc) is 2.13. The molecule has 1 unspecified atom stereocenters. The smallest absolute Gasteiger partial charge is 0.167 e. The lowest BCUT2D eigenvalue weighted by Gasteiger charge is -2.11. The number of aliphatic hydroxyl groups excluding tert-OH is 2. The lowest BCUT2D eigenvalue weighted by molar-refractivity contribution is 0.126. The van der Waals surface area contributed by atoms with E-state index in [9.17, 15) is 18.3 Å². The predicted octanol–water partition coefficient (Wildman–Crippen LogP) is 1.52. The molecule has 5 heteroatoms. The van der Waals surface area contributed by atoms with Gasteiger partial charge in [-0.25, -0.2) is 13.2 Å². The van der Waals surface area contributed by atoms with Crippen LogP contribution in [0.15, 0.2) is 12.1 Å². The molecule has 78 valence electrons. The zero-order valence-electron chi connectivity index (χ0n) is 7.17. The highest BCUT2D eigenvalue weighted by Gasteiger charge is 2.20. The van der Waals surface area contributed by atoms with Crippen LogP contribution in [0.1, 0.15) is 18.1 Å². The summed E-state index contributed by atoms with van der Waals surface area (Å²) in [5.74, 6) is -3.66. The molecule has 1 aromatic carbocycles. The summed E-state index contributed by atoms with van der Waals surface area (Å²) in [7, 11) is 0. The van der Waals surface area contributed by atoms with Crippen molar-refractivity contribution in [2.24, 2.45) is 0 Å². The molecule has 0 aliphatic heterocycles. The van der Waals surface area contributed by atoms with Gasteiger partial charge in [-0.1, -0.05) is 0 Å². The highest BCUT2D eigenvalue weighted by atomic mass is 19.2. The second kappa shape index (κ2) is 4.43. The Hall–Kier alpha value is -1.07. The van der Waals surface area contributed by atoms with Crippen LogP contribution in [0.4, 0.5) is 13.2 Å². The van der Waals surface area contributed by atoms with Gasteiger partial charge in [0.1, 0.15) is 5.82 Å². The van der Waals surface area contributed by atoms with Crippen LogP contribution in [-0.2, 0) is 0 Å². The van der Waals surface area contributed by atoms with Crippen molar-refractivity contribution in [2.45, 2.75) is 12.5 Å². The summed E-state index contributed by atoms with van der Waals surface area (Å²) in [6, 6.07) is 1.37. The zero-order chi connectivity index (χ0) is 10.7. The Morgan fingerprint density at radius 2 is 1.71 bits per heavy atom. The van der Waals surface area contributed by atoms with Crippen LogP contribution in [0.3, 0.4) is 0 Å². The van der Waals surface area contributed by atoms with Gasteiger partial charge >= 0.3 is 0 Å². The maximum Gasteiger partial charge on any atom is 0.167 e. The van der Waals surface area contributed by atoms with Crippen LogP contribution in [0, 0.1) is 17.5 Å². The van der Waals surface area contributed by atoms with Crippen molar-refractivity contribution in [3.05, 3.63) is 35.1 Å². The molecule has 1 aromatic rings. The van der Waals surface area contributed by atoms with Crippen LogP contribution in [-0.4, -0.2) is 16.8 Å². The van der Waals surface area contributed by atoms with E-state index < -0.39 is 35.7 Å². The van der Waals surface area contributed by atoms with Crippen molar-refractivity contribution >= 4 is 0 Å². The minimum absolute atomic E-state index is 0.239. The maximum absolute atomic E-state index is 13.0. The summed E-state index contributed by atoms with van der Waals surface area (Å²) >= 11 is 0. The van der Waals surface area contributed by atoms with Crippen molar-refractivity contribution in [1.29, 1.82) is 0 Å². The molecule has 2 nitrogen and oxygen atoms in total. The van der Waals surface area contributed by atoms with Gasteiger partial charge in [-0.2, -0.15) is 0 Å². The van der Waals surface area contributed by atoms with Crippen LogP contribution in [0.2, 0.25) is 0 Å². The van der Waals surface area contributed by atoms with E-state index in [0.29, 0.717) is 6.07 Å². The first-order valence-electron chi connectivity index (χ1n) is 4.00. The maximum atomic E-state index is 13.0. The highest BCUT2D eigenvalue weighted by molar-refractivity contribution is 5.23. The molecule has 0 aromatic heterocycles. The minimum atomic E-state index is -1.53. The summed E-state index contributed by atoms with van der Waals surface area (Å²) in [5.41, 5.74) is -0.737. The van der Waals surface area contributed by atoms with Gasteiger partial charge in [-0.3, -0.25) is 0 Å².